The molecule has 1 unspecified atom stereocenters. The maximum atomic E-state index is 13.0. The van der Waals surface area contributed by atoms with E-state index in [0.29, 0.717) is 5.57 Å². The van der Waals surface area contributed by atoms with E-state index in [1.54, 1.807) is 13.8 Å². The highest BCUT2D eigenvalue weighted by Gasteiger charge is 2.54. The van der Waals surface area contributed by atoms with E-state index in [-0.39, 0.29) is 45.1 Å². The number of amides is 2. The van der Waals surface area contributed by atoms with Gasteiger partial charge in [0.25, 0.3) is 11.8 Å². The van der Waals surface area contributed by atoms with Gasteiger partial charge in [0.2, 0.25) is 16.7 Å². The maximum absolute atomic E-state index is 13.0. The number of hydrogen-bond donors (Lipinski definition) is 4. The van der Waals surface area contributed by atoms with Crippen LogP contribution in [0.2, 0.25) is 0 Å². The standard InChI is InChI=1S/C18H20N10O7S3/c1-6(2)35-23-9(12-21-17(19)38-24-12)13(31)20-10-14(32)28-11(16(33)34)7(4-36-15(10)28)5-37-18-22-25-26-27(18)3-8(29)30/h6,10,15H,3-5H2,1-2H3,(H,20,31)(H,29,30)(H,33,34)(H2,19,21,24)/b23-9-/t10?,15-/m1/s1. The molecule has 17 nitrogen and oxygen atoms in total. The van der Waals surface area contributed by atoms with Crippen molar-refractivity contribution < 1.29 is 34.2 Å². The van der Waals surface area contributed by atoms with Gasteiger partial charge in [0.05, 0.1) is 0 Å². The Morgan fingerprint density at radius 3 is 2.74 bits per heavy atom. The molecule has 2 amide bonds. The predicted octanol–water partition coefficient (Wildman–Crippen LogP) is -1.15. The minimum Gasteiger partial charge on any atom is -0.480 e. The molecule has 2 atom stereocenters. The number of nitrogens with two attached hydrogens (primary N) is 1. The summed E-state index contributed by atoms with van der Waals surface area (Å²) >= 11 is 3.16. The zero-order chi connectivity index (χ0) is 27.6. The third-order valence-electron chi connectivity index (χ3n) is 4.92. The van der Waals surface area contributed by atoms with Gasteiger partial charge in [-0.15, -0.1) is 16.9 Å². The average Bonchev–Trinajstić information content (AvgIpc) is 3.48. The monoisotopic (exact) mass is 584 g/mol. The van der Waals surface area contributed by atoms with Gasteiger partial charge in [-0.2, -0.15) is 9.36 Å². The number of β-lactam (4-membered cyclic amide) rings is 1. The Morgan fingerprint density at radius 1 is 1.34 bits per heavy atom. The second-order valence-electron chi connectivity index (χ2n) is 7.97. The number of hydrogen-bond acceptors (Lipinski definition) is 15. The molecule has 202 valence electrons. The molecule has 4 rings (SSSR count). The minimum atomic E-state index is -1.32. The van der Waals surface area contributed by atoms with Crippen molar-refractivity contribution in [1.82, 2.24) is 39.8 Å². The molecule has 20 heteroatoms. The van der Waals surface area contributed by atoms with Crippen LogP contribution in [0.1, 0.15) is 19.7 Å². The lowest BCUT2D eigenvalue weighted by atomic mass is 10.0. The number of anilines is 1. The van der Waals surface area contributed by atoms with Crippen LogP contribution in [0.4, 0.5) is 5.13 Å². The molecule has 0 aliphatic carbocycles. The fourth-order valence-corrected chi connectivity index (χ4v) is 6.15. The lowest BCUT2D eigenvalue weighted by Crippen LogP contribution is -2.71. The van der Waals surface area contributed by atoms with Crippen molar-refractivity contribution in [3.63, 3.8) is 0 Å². The normalized spacial score (nSPS) is 19.3. The van der Waals surface area contributed by atoms with Crippen molar-refractivity contribution in [2.24, 2.45) is 5.16 Å². The van der Waals surface area contributed by atoms with Gasteiger partial charge in [0.1, 0.15) is 29.8 Å². The number of nitrogen functional groups attached to an aromatic ring is 1. The first-order valence-corrected chi connectivity index (χ1v) is 13.5. The molecule has 38 heavy (non-hydrogen) atoms. The van der Waals surface area contributed by atoms with Gasteiger partial charge in [-0.05, 0) is 29.8 Å². The number of fused-ring (bicyclic) bond motifs is 1. The summed E-state index contributed by atoms with van der Waals surface area (Å²) in [6.07, 6.45) is -0.350. The van der Waals surface area contributed by atoms with Gasteiger partial charge >= 0.3 is 11.9 Å². The number of carboxylic acid groups (broad SMARTS) is 2. The molecular formula is C18H20N10O7S3. The molecule has 5 N–H and O–H groups in total. The fourth-order valence-electron chi connectivity index (χ4n) is 3.36. The Morgan fingerprint density at radius 2 is 2.11 bits per heavy atom. The van der Waals surface area contributed by atoms with Crippen molar-refractivity contribution in [1.29, 1.82) is 0 Å². The molecule has 0 spiro atoms. The second-order valence-corrected chi connectivity index (χ2v) is 10.8. The first-order chi connectivity index (χ1) is 18.1. The van der Waals surface area contributed by atoms with Crippen LogP contribution in [0, 0.1) is 0 Å². The number of oxime groups is 1. The lowest BCUT2D eigenvalue weighted by Gasteiger charge is -2.49. The van der Waals surface area contributed by atoms with E-state index in [1.165, 1.54) is 11.8 Å². The van der Waals surface area contributed by atoms with Crippen LogP contribution in [0.3, 0.4) is 0 Å². The van der Waals surface area contributed by atoms with E-state index < -0.39 is 41.7 Å². The quantitative estimate of drug-likeness (QED) is 0.105. The molecular weight excluding hydrogens is 564 g/mol. The smallest absolute Gasteiger partial charge is 0.352 e. The van der Waals surface area contributed by atoms with Gasteiger partial charge in [0, 0.05) is 23.0 Å². The second kappa shape index (κ2) is 11.3. The molecule has 0 aromatic carbocycles. The number of carboxylic acids is 2. The number of rotatable bonds is 11. The summed E-state index contributed by atoms with van der Waals surface area (Å²) < 4.78 is 5.04. The summed E-state index contributed by atoms with van der Waals surface area (Å²) in [5.74, 6) is -3.60. The molecule has 4 heterocycles. The predicted molar refractivity (Wildman–Crippen MR) is 133 cm³/mol. The first kappa shape index (κ1) is 27.3. The highest BCUT2D eigenvalue weighted by Crippen LogP contribution is 2.41. The number of aromatic nitrogens is 6. The maximum Gasteiger partial charge on any atom is 0.352 e. The topological polar surface area (TPSA) is 241 Å². The van der Waals surface area contributed by atoms with Crippen LogP contribution in [0.15, 0.2) is 21.6 Å². The number of nitrogens with one attached hydrogen (secondary N) is 1. The van der Waals surface area contributed by atoms with E-state index in [9.17, 15) is 24.3 Å². The molecule has 0 radical (unpaired) electrons. The number of carbonyl (C=O) groups is 4. The van der Waals surface area contributed by atoms with Gasteiger partial charge in [-0.1, -0.05) is 16.9 Å². The van der Waals surface area contributed by atoms with Crippen LogP contribution in [-0.4, -0.2) is 103 Å². The Kier molecular flexibility index (Phi) is 8.11. The summed E-state index contributed by atoms with van der Waals surface area (Å²) in [5, 5.41) is 35.6. The lowest BCUT2D eigenvalue weighted by molar-refractivity contribution is -0.150. The van der Waals surface area contributed by atoms with Crippen LogP contribution in [0.5, 0.6) is 0 Å². The van der Waals surface area contributed by atoms with Crippen LogP contribution in [-0.2, 0) is 30.6 Å². The zero-order valence-corrected chi connectivity index (χ0v) is 22.1. The Bertz CT molecular complexity index is 1340. The Labute approximate surface area is 226 Å². The molecule has 0 saturated carbocycles. The third kappa shape index (κ3) is 5.70. The SMILES string of the molecule is CC(C)O/N=C(\C(=O)NC1C(=O)N2C(C(=O)O)=C(CSc3nnnn3CC(=O)O)CS[C@H]12)c1nsc(N)n1. The number of thioether (sulfide) groups is 2. The van der Waals surface area contributed by atoms with Gasteiger partial charge < -0.3 is 26.1 Å². The molecule has 2 aliphatic rings. The van der Waals surface area contributed by atoms with E-state index in [2.05, 4.69) is 35.4 Å². The van der Waals surface area contributed by atoms with Crippen molar-refractivity contribution in [3.8, 4) is 0 Å². The van der Waals surface area contributed by atoms with E-state index >= 15 is 0 Å². The molecule has 2 aromatic rings. The third-order valence-corrected chi connectivity index (χ3v) is 7.85. The van der Waals surface area contributed by atoms with Gasteiger partial charge in [-0.3, -0.25) is 19.3 Å². The number of nitrogens with zero attached hydrogens (tertiary/aromatic N) is 8. The summed E-state index contributed by atoms with van der Waals surface area (Å²) in [6, 6.07) is -1.03. The molecule has 0 bridgehead atoms. The zero-order valence-electron chi connectivity index (χ0n) is 19.7. The summed E-state index contributed by atoms with van der Waals surface area (Å²) in [6.45, 7) is 2.95. The molecule has 2 aromatic heterocycles. The van der Waals surface area contributed by atoms with Crippen molar-refractivity contribution in [2.45, 2.75) is 43.1 Å². The largest absolute Gasteiger partial charge is 0.480 e. The fraction of sp³-hybridized carbons (Fsp3) is 0.444. The summed E-state index contributed by atoms with van der Waals surface area (Å²) in [7, 11) is 0. The summed E-state index contributed by atoms with van der Waals surface area (Å²) in [4.78, 5) is 59.3. The van der Waals surface area contributed by atoms with Crippen LogP contribution < -0.4 is 11.1 Å². The van der Waals surface area contributed by atoms with Crippen LogP contribution in [0.25, 0.3) is 0 Å². The number of aliphatic carboxylic acids is 2. The molecule has 1 saturated heterocycles. The molecule has 2 aliphatic heterocycles. The summed E-state index contributed by atoms with van der Waals surface area (Å²) in [5.41, 5.74) is 5.55. The van der Waals surface area contributed by atoms with Crippen molar-refractivity contribution in [2.75, 3.05) is 17.2 Å². The number of tetrazole rings is 1. The molecule has 1 fully saturated rings. The van der Waals surface area contributed by atoms with Crippen molar-refractivity contribution in [3.05, 3.63) is 17.1 Å². The Hall–Kier alpha value is -3.78. The van der Waals surface area contributed by atoms with Gasteiger partial charge in [0.15, 0.2) is 5.13 Å². The van der Waals surface area contributed by atoms with Crippen LogP contribution >= 0.6 is 35.1 Å². The minimum absolute atomic E-state index is 0.0683. The highest BCUT2D eigenvalue weighted by molar-refractivity contribution is 8.01. The average molecular weight is 585 g/mol. The number of carbonyl (C=O) groups excluding carboxylic acids is 2. The highest BCUT2D eigenvalue weighted by atomic mass is 32.2. The van der Waals surface area contributed by atoms with Crippen molar-refractivity contribution >= 4 is 69.7 Å². The Balaban J connectivity index is 1.49. The van der Waals surface area contributed by atoms with Gasteiger partial charge in [-0.25, -0.2) is 9.48 Å². The van der Waals surface area contributed by atoms with E-state index in [1.807, 2.05) is 0 Å². The van der Waals surface area contributed by atoms with E-state index in [4.69, 9.17) is 15.7 Å². The van der Waals surface area contributed by atoms with E-state index in [0.717, 1.165) is 32.9 Å². The first-order valence-electron chi connectivity index (χ1n) is 10.7.